The highest BCUT2D eigenvalue weighted by Crippen LogP contribution is 2.25. The zero-order valence-electron chi connectivity index (χ0n) is 14.5. The van der Waals surface area contributed by atoms with Crippen LogP contribution in [-0.2, 0) is 17.9 Å². The van der Waals surface area contributed by atoms with E-state index in [9.17, 15) is 18.7 Å². The van der Waals surface area contributed by atoms with E-state index in [0.29, 0.717) is 25.9 Å². The molecule has 2 heterocycles. The molecule has 0 aliphatic carbocycles. The number of likely N-dealkylation sites (tertiary alicyclic amines) is 1. The molecular weight excluding hydrogens is 360 g/mol. The third-order valence-corrected chi connectivity index (χ3v) is 5.42. The van der Waals surface area contributed by atoms with E-state index in [4.69, 9.17) is 0 Å². The smallest absolute Gasteiger partial charge is 0.256 e. The monoisotopic (exact) mass is 381 g/mol. The van der Waals surface area contributed by atoms with E-state index >= 15 is 0 Å². The molecule has 0 radical (unpaired) electrons. The van der Waals surface area contributed by atoms with Crippen LogP contribution in [-0.4, -0.2) is 39.6 Å². The van der Waals surface area contributed by atoms with Gasteiger partial charge in [-0.3, -0.25) is 4.79 Å². The fraction of sp³-hybridized carbons (Fsp3) is 0.444. The molecule has 1 fully saturated rings. The molecule has 26 heavy (non-hydrogen) atoms. The lowest BCUT2D eigenvalue weighted by Crippen LogP contribution is -2.57. The van der Waals surface area contributed by atoms with Gasteiger partial charge in [0, 0.05) is 42.8 Å². The van der Waals surface area contributed by atoms with Gasteiger partial charge in [-0.15, -0.1) is 11.3 Å². The average molecular weight is 381 g/mol. The minimum atomic E-state index is -1.55. The van der Waals surface area contributed by atoms with Crippen LogP contribution >= 0.6 is 11.3 Å². The predicted molar refractivity (Wildman–Crippen MR) is 94.5 cm³/mol. The Hall–Kier alpha value is -1.90. The Morgan fingerprint density at radius 3 is 2.96 bits per heavy atom. The Kier molecular flexibility index (Phi) is 5.64. The second kappa shape index (κ2) is 7.77. The van der Waals surface area contributed by atoms with Gasteiger partial charge in [0.15, 0.2) is 17.2 Å². The lowest BCUT2D eigenvalue weighted by atomic mass is 9.91. The third kappa shape index (κ3) is 4.08. The summed E-state index contributed by atoms with van der Waals surface area (Å²) in [5.41, 5.74) is -0.509. The number of carbonyl (C=O) groups is 1. The lowest BCUT2D eigenvalue weighted by Gasteiger charge is -2.38. The summed E-state index contributed by atoms with van der Waals surface area (Å²) in [6.07, 6.45) is 0.926. The molecular formula is C18H21F2N3O2S. The molecule has 140 valence electrons. The van der Waals surface area contributed by atoms with Crippen LogP contribution in [0.25, 0.3) is 0 Å². The highest BCUT2D eigenvalue weighted by molar-refractivity contribution is 7.09. The molecule has 1 aromatic carbocycles. The molecule has 0 saturated carbocycles. The summed E-state index contributed by atoms with van der Waals surface area (Å²) >= 11 is 1.51. The van der Waals surface area contributed by atoms with Crippen molar-refractivity contribution in [1.29, 1.82) is 0 Å². The van der Waals surface area contributed by atoms with Crippen molar-refractivity contribution in [3.05, 3.63) is 51.5 Å². The standard InChI is InChI=1S/C18H21F2N3O2S/c1-12-10-26-15(22-12)8-21-11-18(25)6-3-7-23(17(18)24)9-13-4-2-5-14(19)16(13)20/h2,4-5,10,21,25H,3,6-9,11H2,1H3/t18-/m0/s1. The van der Waals surface area contributed by atoms with Crippen molar-refractivity contribution in [2.45, 2.75) is 38.5 Å². The van der Waals surface area contributed by atoms with Crippen molar-refractivity contribution in [3.8, 4) is 0 Å². The summed E-state index contributed by atoms with van der Waals surface area (Å²) in [7, 11) is 0. The number of nitrogens with one attached hydrogen (secondary N) is 1. The molecule has 8 heteroatoms. The normalized spacial score (nSPS) is 20.6. The number of aryl methyl sites for hydroxylation is 1. The summed E-state index contributed by atoms with van der Waals surface area (Å²) in [4.78, 5) is 18.4. The Balaban J connectivity index is 1.63. The van der Waals surface area contributed by atoms with Gasteiger partial charge in [0.25, 0.3) is 5.91 Å². The van der Waals surface area contributed by atoms with Crippen LogP contribution in [0.5, 0.6) is 0 Å². The summed E-state index contributed by atoms with van der Waals surface area (Å²) in [5, 5.41) is 16.7. The molecule has 3 rings (SSSR count). The largest absolute Gasteiger partial charge is 0.379 e. The number of halogens is 2. The van der Waals surface area contributed by atoms with Crippen LogP contribution in [0.1, 0.15) is 29.1 Å². The third-order valence-electron chi connectivity index (χ3n) is 4.46. The minimum absolute atomic E-state index is 0.0591. The first-order valence-electron chi connectivity index (χ1n) is 8.45. The SMILES string of the molecule is Cc1csc(CNC[C@@]2(O)CCCN(Cc3cccc(F)c3F)C2=O)n1. The van der Waals surface area contributed by atoms with Gasteiger partial charge in [-0.25, -0.2) is 13.8 Å². The van der Waals surface area contributed by atoms with Crippen molar-refractivity contribution in [2.24, 2.45) is 0 Å². The Morgan fingerprint density at radius 1 is 1.42 bits per heavy atom. The molecule has 1 aliphatic rings. The molecule has 5 nitrogen and oxygen atoms in total. The maximum absolute atomic E-state index is 13.9. The van der Waals surface area contributed by atoms with E-state index in [2.05, 4.69) is 10.3 Å². The maximum atomic E-state index is 13.9. The highest BCUT2D eigenvalue weighted by Gasteiger charge is 2.42. The minimum Gasteiger partial charge on any atom is -0.379 e. The quantitative estimate of drug-likeness (QED) is 0.806. The van der Waals surface area contributed by atoms with E-state index in [0.717, 1.165) is 16.8 Å². The van der Waals surface area contributed by atoms with Crippen LogP contribution in [0.4, 0.5) is 8.78 Å². The van der Waals surface area contributed by atoms with E-state index < -0.39 is 23.1 Å². The van der Waals surface area contributed by atoms with Gasteiger partial charge < -0.3 is 15.3 Å². The fourth-order valence-corrected chi connectivity index (χ4v) is 3.86. The number of aromatic nitrogens is 1. The van der Waals surface area contributed by atoms with Gasteiger partial charge >= 0.3 is 0 Å². The number of hydrogen-bond donors (Lipinski definition) is 2. The van der Waals surface area contributed by atoms with Gasteiger partial charge in [0.1, 0.15) is 5.01 Å². The van der Waals surface area contributed by atoms with Gasteiger partial charge in [0.2, 0.25) is 0 Å². The number of carbonyl (C=O) groups excluding carboxylic acids is 1. The van der Waals surface area contributed by atoms with Gasteiger partial charge in [-0.2, -0.15) is 0 Å². The molecule has 1 amide bonds. The maximum Gasteiger partial charge on any atom is 0.256 e. The second-order valence-corrected chi connectivity index (χ2v) is 7.50. The predicted octanol–water partition coefficient (Wildman–Crippen LogP) is 2.37. The van der Waals surface area contributed by atoms with Crippen molar-refractivity contribution >= 4 is 17.2 Å². The van der Waals surface area contributed by atoms with Crippen molar-refractivity contribution in [1.82, 2.24) is 15.2 Å². The average Bonchev–Trinajstić information content (AvgIpc) is 3.01. The topological polar surface area (TPSA) is 65.5 Å². The van der Waals surface area contributed by atoms with Crippen LogP contribution < -0.4 is 5.32 Å². The number of nitrogens with zero attached hydrogens (tertiary/aromatic N) is 2. The second-order valence-electron chi connectivity index (χ2n) is 6.56. The summed E-state index contributed by atoms with van der Waals surface area (Å²) in [5.74, 6) is -2.36. The van der Waals surface area contributed by atoms with E-state index in [-0.39, 0.29) is 18.7 Å². The highest BCUT2D eigenvalue weighted by atomic mass is 32.1. The van der Waals surface area contributed by atoms with Crippen LogP contribution in [0.3, 0.4) is 0 Å². The van der Waals surface area contributed by atoms with E-state index in [1.165, 1.54) is 28.4 Å². The Morgan fingerprint density at radius 2 is 2.23 bits per heavy atom. The zero-order valence-corrected chi connectivity index (χ0v) is 15.3. The van der Waals surface area contributed by atoms with Crippen molar-refractivity contribution in [2.75, 3.05) is 13.1 Å². The number of aliphatic hydroxyl groups is 1. The van der Waals surface area contributed by atoms with Crippen molar-refractivity contribution < 1.29 is 18.7 Å². The number of rotatable bonds is 6. The fourth-order valence-electron chi connectivity index (χ4n) is 3.12. The first-order chi connectivity index (χ1) is 12.4. The lowest BCUT2D eigenvalue weighted by molar-refractivity contribution is -0.157. The number of piperidine rings is 1. The van der Waals surface area contributed by atoms with Crippen LogP contribution in [0, 0.1) is 18.6 Å². The molecule has 0 unspecified atom stereocenters. The molecule has 2 N–H and O–H groups in total. The molecule has 1 aromatic heterocycles. The first kappa shape index (κ1) is 18.9. The van der Waals surface area contributed by atoms with Gasteiger partial charge in [0.05, 0.1) is 0 Å². The molecule has 0 bridgehead atoms. The Bertz CT molecular complexity index is 798. The molecule has 1 saturated heterocycles. The number of benzene rings is 1. The molecule has 0 spiro atoms. The number of thiazole rings is 1. The first-order valence-corrected chi connectivity index (χ1v) is 9.33. The molecule has 2 aromatic rings. The van der Waals surface area contributed by atoms with E-state index in [1.807, 2.05) is 12.3 Å². The van der Waals surface area contributed by atoms with E-state index in [1.54, 1.807) is 0 Å². The molecule has 1 atom stereocenters. The van der Waals surface area contributed by atoms with Crippen LogP contribution in [0.15, 0.2) is 23.6 Å². The zero-order chi connectivity index (χ0) is 18.7. The number of amides is 1. The van der Waals surface area contributed by atoms with Crippen LogP contribution in [0.2, 0.25) is 0 Å². The number of hydrogen-bond acceptors (Lipinski definition) is 5. The van der Waals surface area contributed by atoms with Gasteiger partial charge in [-0.05, 0) is 25.8 Å². The summed E-state index contributed by atoms with van der Waals surface area (Å²) in [6, 6.07) is 3.89. The summed E-state index contributed by atoms with van der Waals surface area (Å²) < 4.78 is 27.2. The van der Waals surface area contributed by atoms with Gasteiger partial charge in [-0.1, -0.05) is 12.1 Å². The van der Waals surface area contributed by atoms with Crippen molar-refractivity contribution in [3.63, 3.8) is 0 Å². The Labute approximate surface area is 154 Å². The molecule has 1 aliphatic heterocycles. The summed E-state index contributed by atoms with van der Waals surface area (Å²) in [6.45, 7) is 2.81.